The molecule has 7 heteroatoms. The molecular formula is C17H21N5O2. The first-order valence-corrected chi connectivity index (χ1v) is 7.89. The van der Waals surface area contributed by atoms with Crippen LogP contribution in [0.15, 0.2) is 46.1 Å². The molecule has 1 aromatic carbocycles. The van der Waals surface area contributed by atoms with Gasteiger partial charge in [0.2, 0.25) is 0 Å². The summed E-state index contributed by atoms with van der Waals surface area (Å²) in [5.41, 5.74) is 14.5. The van der Waals surface area contributed by atoms with Gasteiger partial charge in [0.25, 0.3) is 11.9 Å². The Morgan fingerprint density at radius 1 is 1.42 bits per heavy atom. The molecule has 2 heterocycles. The molecule has 0 aromatic heterocycles. The van der Waals surface area contributed by atoms with Gasteiger partial charge in [-0.3, -0.25) is 9.79 Å². The van der Waals surface area contributed by atoms with Crippen molar-refractivity contribution < 1.29 is 9.53 Å². The number of carbonyl (C=O) groups is 1. The summed E-state index contributed by atoms with van der Waals surface area (Å²) < 4.78 is 5.20. The number of para-hydroxylation sites is 1. The van der Waals surface area contributed by atoms with E-state index in [9.17, 15) is 4.79 Å². The van der Waals surface area contributed by atoms with Crippen LogP contribution in [0, 0.1) is 0 Å². The van der Waals surface area contributed by atoms with E-state index in [0.29, 0.717) is 18.9 Å². The number of aliphatic imine (C=N–C) groups is 2. The van der Waals surface area contributed by atoms with Crippen molar-refractivity contribution in [2.45, 2.75) is 25.8 Å². The van der Waals surface area contributed by atoms with Crippen molar-refractivity contribution in [1.29, 1.82) is 0 Å². The Bertz CT molecular complexity index is 738. The molecule has 24 heavy (non-hydrogen) atoms. The number of amidine groups is 1. The second-order valence-electron chi connectivity index (χ2n) is 5.90. The molecule has 0 saturated heterocycles. The first-order chi connectivity index (χ1) is 11.5. The maximum Gasteiger partial charge on any atom is 0.282 e. The molecule has 1 unspecified atom stereocenters. The number of hydrogen-bond donors (Lipinski definition) is 2. The van der Waals surface area contributed by atoms with E-state index < -0.39 is 5.91 Å². The van der Waals surface area contributed by atoms with E-state index in [1.807, 2.05) is 25.1 Å². The third-order valence-corrected chi connectivity index (χ3v) is 4.19. The lowest BCUT2D eigenvalue weighted by molar-refractivity contribution is -0.112. The molecular weight excluding hydrogens is 306 g/mol. The van der Waals surface area contributed by atoms with Gasteiger partial charge in [-0.05, 0) is 31.4 Å². The molecule has 2 aliphatic rings. The van der Waals surface area contributed by atoms with Gasteiger partial charge in [0.05, 0.1) is 12.6 Å². The molecule has 1 amide bonds. The van der Waals surface area contributed by atoms with Gasteiger partial charge >= 0.3 is 0 Å². The van der Waals surface area contributed by atoms with Crippen LogP contribution in [0.1, 0.15) is 18.9 Å². The van der Waals surface area contributed by atoms with Gasteiger partial charge in [-0.1, -0.05) is 18.2 Å². The number of nitrogens with two attached hydrogens (primary N) is 2. The molecule has 0 aliphatic carbocycles. The Balaban J connectivity index is 1.78. The van der Waals surface area contributed by atoms with Crippen LogP contribution in [0.4, 0.5) is 5.69 Å². The number of primary amides is 1. The molecule has 0 radical (unpaired) electrons. The quantitative estimate of drug-likeness (QED) is 0.839. The number of amides is 1. The van der Waals surface area contributed by atoms with Gasteiger partial charge in [0.15, 0.2) is 0 Å². The third-order valence-electron chi connectivity index (χ3n) is 4.19. The van der Waals surface area contributed by atoms with Crippen LogP contribution in [0.2, 0.25) is 0 Å². The highest BCUT2D eigenvalue weighted by molar-refractivity contribution is 6.40. The van der Waals surface area contributed by atoms with Gasteiger partial charge in [0, 0.05) is 17.6 Å². The SMILES string of the molecule is CC1=CN=C(C(N)=O)CN1c1ccccc1CCC1COC(N)=N1. The molecule has 1 aromatic rings. The number of rotatable bonds is 5. The zero-order valence-electron chi connectivity index (χ0n) is 13.6. The van der Waals surface area contributed by atoms with E-state index in [0.717, 1.165) is 24.2 Å². The molecule has 126 valence electrons. The van der Waals surface area contributed by atoms with E-state index in [1.54, 1.807) is 6.20 Å². The van der Waals surface area contributed by atoms with Gasteiger partial charge in [-0.2, -0.15) is 0 Å². The second-order valence-corrected chi connectivity index (χ2v) is 5.90. The molecule has 3 rings (SSSR count). The number of hydrogen-bond acceptors (Lipinski definition) is 6. The Morgan fingerprint density at radius 3 is 2.92 bits per heavy atom. The summed E-state index contributed by atoms with van der Waals surface area (Å²) in [4.78, 5) is 21.9. The fourth-order valence-corrected chi connectivity index (χ4v) is 2.86. The van der Waals surface area contributed by atoms with Crippen LogP contribution < -0.4 is 16.4 Å². The number of aryl methyl sites for hydroxylation is 1. The van der Waals surface area contributed by atoms with Crippen LogP contribution in [0.3, 0.4) is 0 Å². The minimum absolute atomic E-state index is 0.0961. The largest absolute Gasteiger partial charge is 0.463 e. The van der Waals surface area contributed by atoms with Crippen LogP contribution in [0.5, 0.6) is 0 Å². The third kappa shape index (κ3) is 3.40. The zero-order valence-corrected chi connectivity index (χ0v) is 13.6. The van der Waals surface area contributed by atoms with Crippen molar-refractivity contribution in [3.8, 4) is 0 Å². The number of nitrogens with zero attached hydrogens (tertiary/aromatic N) is 3. The van der Waals surface area contributed by atoms with Crippen LogP contribution in [0.25, 0.3) is 0 Å². The average Bonchev–Trinajstić information content (AvgIpc) is 2.99. The Kier molecular flexibility index (Phi) is 4.50. The van der Waals surface area contributed by atoms with Crippen molar-refractivity contribution in [2.24, 2.45) is 21.5 Å². The molecule has 7 nitrogen and oxygen atoms in total. The van der Waals surface area contributed by atoms with Crippen molar-refractivity contribution in [3.63, 3.8) is 0 Å². The van der Waals surface area contributed by atoms with E-state index in [-0.39, 0.29) is 12.1 Å². The zero-order chi connectivity index (χ0) is 17.1. The van der Waals surface area contributed by atoms with E-state index in [1.165, 1.54) is 5.56 Å². The molecule has 0 spiro atoms. The Morgan fingerprint density at radius 2 is 2.21 bits per heavy atom. The van der Waals surface area contributed by atoms with Crippen LogP contribution >= 0.6 is 0 Å². The van der Waals surface area contributed by atoms with Crippen LogP contribution in [-0.4, -0.2) is 36.8 Å². The molecule has 1 atom stereocenters. The van der Waals surface area contributed by atoms with Crippen molar-refractivity contribution >= 4 is 23.3 Å². The molecule has 2 aliphatic heterocycles. The fraction of sp³-hybridized carbons (Fsp3) is 0.353. The summed E-state index contributed by atoms with van der Waals surface area (Å²) in [6.45, 7) is 2.88. The second kappa shape index (κ2) is 6.74. The normalized spacial score (nSPS) is 20.1. The summed E-state index contributed by atoms with van der Waals surface area (Å²) >= 11 is 0. The summed E-state index contributed by atoms with van der Waals surface area (Å²) in [7, 11) is 0. The van der Waals surface area contributed by atoms with Crippen molar-refractivity contribution in [2.75, 3.05) is 18.1 Å². The lowest BCUT2D eigenvalue weighted by Crippen LogP contribution is -2.38. The molecule has 0 saturated carbocycles. The smallest absolute Gasteiger partial charge is 0.282 e. The van der Waals surface area contributed by atoms with Gasteiger partial charge in [-0.25, -0.2) is 4.99 Å². The highest BCUT2D eigenvalue weighted by Gasteiger charge is 2.22. The van der Waals surface area contributed by atoms with Crippen molar-refractivity contribution in [1.82, 2.24) is 0 Å². The first kappa shape index (κ1) is 16.0. The molecule has 0 bridgehead atoms. The lowest BCUT2D eigenvalue weighted by Gasteiger charge is -2.29. The fourth-order valence-electron chi connectivity index (χ4n) is 2.86. The first-order valence-electron chi connectivity index (χ1n) is 7.89. The monoisotopic (exact) mass is 327 g/mol. The topological polar surface area (TPSA) is 106 Å². The minimum atomic E-state index is -0.492. The average molecular weight is 327 g/mol. The standard InChI is InChI=1S/C17H21N5O2/c1-11-8-20-14(16(18)23)9-22(11)15-5-3-2-4-12(15)6-7-13-10-24-17(19)21-13/h2-5,8,13H,6-7,9-10H2,1H3,(H2,18,23)(H2,19,21). The maximum atomic E-state index is 11.4. The summed E-state index contributed by atoms with van der Waals surface area (Å²) in [6.07, 6.45) is 3.37. The van der Waals surface area contributed by atoms with Gasteiger partial charge < -0.3 is 21.1 Å². The number of anilines is 1. The van der Waals surface area contributed by atoms with Crippen LogP contribution in [-0.2, 0) is 16.0 Å². The summed E-state index contributed by atoms with van der Waals surface area (Å²) in [5, 5.41) is 0. The van der Waals surface area contributed by atoms with Gasteiger partial charge in [-0.15, -0.1) is 0 Å². The lowest BCUT2D eigenvalue weighted by atomic mass is 10.0. The predicted octanol–water partition coefficient (Wildman–Crippen LogP) is 0.940. The molecule has 4 N–H and O–H groups in total. The summed E-state index contributed by atoms with van der Waals surface area (Å²) in [5.74, 6) is -0.492. The van der Waals surface area contributed by atoms with Gasteiger partial charge in [0.1, 0.15) is 12.3 Å². The number of ether oxygens (including phenoxy) is 1. The van der Waals surface area contributed by atoms with E-state index >= 15 is 0 Å². The Labute approximate surface area is 140 Å². The highest BCUT2D eigenvalue weighted by Crippen LogP contribution is 2.27. The minimum Gasteiger partial charge on any atom is -0.463 e. The van der Waals surface area contributed by atoms with Crippen molar-refractivity contribution in [3.05, 3.63) is 41.7 Å². The highest BCUT2D eigenvalue weighted by atomic mass is 16.5. The van der Waals surface area contributed by atoms with E-state index in [4.69, 9.17) is 16.2 Å². The molecule has 0 fully saturated rings. The number of carbonyl (C=O) groups excluding carboxylic acids is 1. The van der Waals surface area contributed by atoms with E-state index in [2.05, 4.69) is 21.0 Å². The Hall–Kier alpha value is -2.83. The predicted molar refractivity (Wildman–Crippen MR) is 93.9 cm³/mol. The number of benzene rings is 1. The summed E-state index contributed by atoms with van der Waals surface area (Å²) in [6, 6.07) is 8.48. The number of allylic oxidation sites excluding steroid dienone is 1. The maximum absolute atomic E-state index is 11.4.